The van der Waals surface area contributed by atoms with Gasteiger partial charge in [-0.2, -0.15) is 0 Å². The van der Waals surface area contributed by atoms with Crippen LogP contribution in [0.15, 0.2) is 0 Å². The number of morpholine rings is 1. The van der Waals surface area contributed by atoms with Crippen molar-refractivity contribution in [3.05, 3.63) is 0 Å². The Labute approximate surface area is 109 Å². The smallest absolute Gasteiger partial charge is 0.0649 e. The van der Waals surface area contributed by atoms with Crippen molar-refractivity contribution in [1.82, 2.24) is 9.80 Å². The van der Waals surface area contributed by atoms with Crippen molar-refractivity contribution in [3.63, 3.8) is 0 Å². The second-order valence-electron chi connectivity index (χ2n) is 4.37. The molecule has 2 heterocycles. The fourth-order valence-electron chi connectivity index (χ4n) is 1.96. The molecule has 0 spiro atoms. The average molecular weight is 242 g/mol. The van der Waals surface area contributed by atoms with Gasteiger partial charge in [0, 0.05) is 61.9 Å². The number of hydrogen-bond acceptors (Lipinski definition) is 3. The van der Waals surface area contributed by atoms with Crippen LogP contribution in [-0.2, 0) is 4.74 Å². The molecule has 3 nitrogen and oxygen atoms in total. The molecule has 2 fully saturated rings. The predicted octanol–water partition coefficient (Wildman–Crippen LogP) is 0.730. The van der Waals surface area contributed by atoms with Gasteiger partial charge in [-0.1, -0.05) is 0 Å². The van der Waals surface area contributed by atoms with E-state index in [4.69, 9.17) is 4.74 Å². The molecule has 0 radical (unpaired) electrons. The van der Waals surface area contributed by atoms with Crippen molar-refractivity contribution < 1.29 is 4.74 Å². The quantitative estimate of drug-likeness (QED) is 0.582. The Morgan fingerprint density at radius 1 is 0.611 bits per heavy atom. The van der Waals surface area contributed by atoms with Gasteiger partial charge in [0.15, 0.2) is 0 Å². The molecule has 94 valence electrons. The monoisotopic (exact) mass is 242 g/mol. The Morgan fingerprint density at radius 3 is 1.78 bits per heavy atom. The van der Waals surface area contributed by atoms with Crippen LogP contribution in [0.3, 0.4) is 0 Å². The van der Waals surface area contributed by atoms with Gasteiger partial charge in [0.25, 0.3) is 0 Å². The molecule has 0 aromatic carbocycles. The number of rotatable bonds is 0. The molecule has 2 saturated heterocycles. The molecule has 0 aromatic rings. The summed E-state index contributed by atoms with van der Waals surface area (Å²) in [5.41, 5.74) is 0. The summed E-state index contributed by atoms with van der Waals surface area (Å²) >= 11 is 0. The minimum Gasteiger partial charge on any atom is -0.378 e. The molecule has 2 aliphatic heterocycles. The zero-order valence-electron chi connectivity index (χ0n) is 10.7. The summed E-state index contributed by atoms with van der Waals surface area (Å²) in [5, 5.41) is 0. The van der Waals surface area contributed by atoms with E-state index in [1.54, 1.807) is 0 Å². The van der Waals surface area contributed by atoms with Crippen LogP contribution in [-0.4, -0.2) is 49.2 Å². The van der Waals surface area contributed by atoms with Gasteiger partial charge >= 0.3 is 0 Å². The fourth-order valence-corrected chi connectivity index (χ4v) is 1.96. The number of nitrogens with zero attached hydrogens (tertiary/aromatic N) is 2. The molecule has 3 heteroatoms. The van der Waals surface area contributed by atoms with Gasteiger partial charge in [0.2, 0.25) is 0 Å². The Bertz CT molecular complexity index is 386. The highest BCUT2D eigenvalue weighted by atomic mass is 16.5. The number of hydrogen-bond donors (Lipinski definition) is 0. The van der Waals surface area contributed by atoms with Crippen LogP contribution in [0.4, 0.5) is 0 Å². The second kappa shape index (κ2) is 7.54. The summed E-state index contributed by atoms with van der Waals surface area (Å²) in [4.78, 5) is 4.18. The van der Waals surface area contributed by atoms with Gasteiger partial charge in [-0.05, 0) is 19.3 Å². The summed E-state index contributed by atoms with van der Waals surface area (Å²) in [6.07, 6.45) is 3.83. The number of piperidine rings is 1. The van der Waals surface area contributed by atoms with Gasteiger partial charge < -0.3 is 14.5 Å². The van der Waals surface area contributed by atoms with Crippen molar-refractivity contribution in [2.45, 2.75) is 19.3 Å². The maximum atomic E-state index is 5.24. The highest BCUT2D eigenvalue weighted by Gasteiger charge is 2.05. The largest absolute Gasteiger partial charge is 0.378 e. The molecular formula is C15H18N2O. The third-order valence-electron chi connectivity index (χ3n) is 2.98. The predicted molar refractivity (Wildman–Crippen MR) is 71.1 cm³/mol. The summed E-state index contributed by atoms with van der Waals surface area (Å²) < 4.78 is 5.24. The van der Waals surface area contributed by atoms with Crippen molar-refractivity contribution in [3.8, 4) is 35.8 Å². The van der Waals surface area contributed by atoms with Crippen molar-refractivity contribution in [1.29, 1.82) is 0 Å². The maximum Gasteiger partial charge on any atom is 0.0649 e. The van der Waals surface area contributed by atoms with E-state index in [1.807, 2.05) is 4.90 Å². The second-order valence-corrected chi connectivity index (χ2v) is 4.37. The Hall–Kier alpha value is -1.76. The average Bonchev–Trinajstić information content (AvgIpc) is 2.45. The van der Waals surface area contributed by atoms with E-state index < -0.39 is 0 Å². The fraction of sp³-hybridized carbons (Fsp3) is 0.600. The highest BCUT2D eigenvalue weighted by molar-refractivity contribution is 5.35. The Kier molecular flexibility index (Phi) is 5.32. The molecule has 0 saturated carbocycles. The van der Waals surface area contributed by atoms with Gasteiger partial charge in [-0.15, -0.1) is 0 Å². The Balaban J connectivity index is 1.74. The topological polar surface area (TPSA) is 15.7 Å². The third kappa shape index (κ3) is 4.62. The van der Waals surface area contributed by atoms with Crippen LogP contribution >= 0.6 is 0 Å². The number of likely N-dealkylation sites (tertiary alicyclic amines) is 1. The van der Waals surface area contributed by atoms with Crippen molar-refractivity contribution >= 4 is 0 Å². The first-order valence-corrected chi connectivity index (χ1v) is 6.54. The zero-order chi connectivity index (χ0) is 12.5. The molecular weight excluding hydrogens is 224 g/mol. The molecule has 2 aliphatic rings. The molecule has 0 amide bonds. The first-order valence-electron chi connectivity index (χ1n) is 6.54. The molecule has 0 unspecified atom stereocenters. The van der Waals surface area contributed by atoms with Crippen LogP contribution in [0.25, 0.3) is 0 Å². The molecule has 18 heavy (non-hydrogen) atoms. The first kappa shape index (κ1) is 12.7. The van der Waals surface area contributed by atoms with E-state index in [1.165, 1.54) is 19.3 Å². The minimum absolute atomic E-state index is 0.761. The van der Waals surface area contributed by atoms with Gasteiger partial charge in [-0.25, -0.2) is 0 Å². The normalized spacial score (nSPS) is 18.7. The maximum absolute atomic E-state index is 5.24. The van der Waals surface area contributed by atoms with Gasteiger partial charge in [-0.3, -0.25) is 0 Å². The summed E-state index contributed by atoms with van der Waals surface area (Å²) in [5.74, 6) is 11.3. The van der Waals surface area contributed by atoms with E-state index in [9.17, 15) is 0 Å². The van der Waals surface area contributed by atoms with Crippen molar-refractivity contribution in [2.24, 2.45) is 0 Å². The van der Waals surface area contributed by atoms with E-state index in [0.29, 0.717) is 0 Å². The van der Waals surface area contributed by atoms with Crippen LogP contribution in [0, 0.1) is 35.8 Å². The van der Waals surface area contributed by atoms with Gasteiger partial charge in [0.1, 0.15) is 0 Å². The summed E-state index contributed by atoms with van der Waals surface area (Å²) in [6, 6.07) is 6.08. The van der Waals surface area contributed by atoms with Crippen LogP contribution in [0.2, 0.25) is 0 Å². The third-order valence-corrected chi connectivity index (χ3v) is 2.98. The SMILES string of the molecule is C(#CC#CN1CCOCC1)C#CN1CCCCC1. The van der Waals surface area contributed by atoms with E-state index in [0.717, 1.165) is 39.4 Å². The Morgan fingerprint density at radius 2 is 1.17 bits per heavy atom. The highest BCUT2D eigenvalue weighted by Crippen LogP contribution is 2.06. The lowest BCUT2D eigenvalue weighted by atomic mass is 10.1. The lowest BCUT2D eigenvalue weighted by molar-refractivity contribution is 0.0638. The zero-order valence-corrected chi connectivity index (χ0v) is 10.7. The molecule has 2 rings (SSSR count). The van der Waals surface area contributed by atoms with Crippen molar-refractivity contribution in [2.75, 3.05) is 39.4 Å². The van der Waals surface area contributed by atoms with Gasteiger partial charge in [0.05, 0.1) is 13.2 Å². The molecule has 0 aromatic heterocycles. The lowest BCUT2D eigenvalue weighted by Crippen LogP contribution is -2.32. The van der Waals surface area contributed by atoms with E-state index >= 15 is 0 Å². The standard InChI is InChI=1S/C15H18N2O/c1(4-8-16-9-6-3-7-10-16)2-5-11-17-12-14-18-15-13-17/h3,6-7,9-10,12-15H2. The van der Waals surface area contributed by atoms with Crippen LogP contribution < -0.4 is 0 Å². The van der Waals surface area contributed by atoms with Crippen LogP contribution in [0.1, 0.15) is 19.3 Å². The molecule has 0 N–H and O–H groups in total. The summed E-state index contributed by atoms with van der Waals surface area (Å²) in [6.45, 7) is 5.41. The number of ether oxygens (including phenoxy) is 1. The van der Waals surface area contributed by atoms with E-state index in [2.05, 4.69) is 40.7 Å². The van der Waals surface area contributed by atoms with E-state index in [-0.39, 0.29) is 0 Å². The lowest BCUT2D eigenvalue weighted by Gasteiger charge is -2.22. The molecule has 0 atom stereocenters. The molecule has 0 bridgehead atoms. The summed E-state index contributed by atoms with van der Waals surface area (Å²) in [7, 11) is 0. The first-order chi connectivity index (χ1) is 8.95. The molecule has 0 aliphatic carbocycles. The van der Waals surface area contributed by atoms with Crippen LogP contribution in [0.5, 0.6) is 0 Å². The minimum atomic E-state index is 0.761.